The molecule has 2 bridgehead atoms. The van der Waals surface area contributed by atoms with Crippen LogP contribution < -0.4 is 4.74 Å². The number of aliphatic hydroxyl groups is 1. The largest absolute Gasteiger partial charge is 0.496 e. The quantitative estimate of drug-likeness (QED) is 0.860. The molecule has 1 N–H and O–H groups in total. The van der Waals surface area contributed by atoms with E-state index in [4.69, 9.17) is 4.74 Å². The molecular weight excluding hydrogens is 262 g/mol. The number of hydrogen-bond acceptors (Lipinski definition) is 3. The van der Waals surface area contributed by atoms with Gasteiger partial charge in [0.1, 0.15) is 5.75 Å². The lowest BCUT2D eigenvalue weighted by Crippen LogP contribution is -2.61. The van der Waals surface area contributed by atoms with Crippen LogP contribution in [0.1, 0.15) is 36.8 Å². The van der Waals surface area contributed by atoms with Crippen LogP contribution in [0.4, 0.5) is 0 Å². The normalized spacial score (nSPS) is 38.5. The molecule has 4 rings (SSSR count). The Morgan fingerprint density at radius 1 is 1.33 bits per heavy atom. The van der Waals surface area contributed by atoms with E-state index in [1.54, 1.807) is 7.11 Å². The van der Waals surface area contributed by atoms with E-state index in [-0.39, 0.29) is 11.5 Å². The molecule has 21 heavy (non-hydrogen) atoms. The van der Waals surface area contributed by atoms with E-state index in [0.717, 1.165) is 38.0 Å². The fourth-order valence-electron chi connectivity index (χ4n) is 5.40. The number of benzene rings is 1. The molecule has 1 saturated heterocycles. The van der Waals surface area contributed by atoms with Crippen LogP contribution in [0.3, 0.4) is 0 Å². The molecule has 1 heterocycles. The summed E-state index contributed by atoms with van der Waals surface area (Å²) >= 11 is 0. The summed E-state index contributed by atoms with van der Waals surface area (Å²) in [5.41, 5.74) is 3.04. The van der Waals surface area contributed by atoms with E-state index in [1.807, 2.05) is 0 Å². The van der Waals surface area contributed by atoms with Crippen LogP contribution >= 0.6 is 0 Å². The van der Waals surface area contributed by atoms with Gasteiger partial charge in [0.05, 0.1) is 13.2 Å². The second-order valence-electron chi connectivity index (χ2n) is 7.19. The number of aliphatic hydroxyl groups excluding tert-OH is 1. The van der Waals surface area contributed by atoms with Gasteiger partial charge in [0.2, 0.25) is 0 Å². The number of piperidine rings is 1. The van der Waals surface area contributed by atoms with E-state index in [0.29, 0.717) is 12.0 Å². The molecule has 1 aromatic rings. The number of likely N-dealkylation sites (tertiary alicyclic amines) is 1. The topological polar surface area (TPSA) is 32.7 Å². The van der Waals surface area contributed by atoms with Crippen molar-refractivity contribution in [3.63, 3.8) is 0 Å². The van der Waals surface area contributed by atoms with E-state index in [9.17, 15) is 5.11 Å². The molecule has 3 aliphatic rings. The van der Waals surface area contributed by atoms with Gasteiger partial charge in [0.25, 0.3) is 0 Å². The van der Waals surface area contributed by atoms with Gasteiger partial charge in [-0.2, -0.15) is 0 Å². The van der Waals surface area contributed by atoms with E-state index < -0.39 is 0 Å². The first kappa shape index (κ1) is 13.6. The zero-order valence-electron chi connectivity index (χ0n) is 13.0. The molecule has 0 aromatic heterocycles. The number of nitrogens with zero attached hydrogens (tertiary/aromatic N) is 1. The number of ether oxygens (including phenoxy) is 1. The molecule has 1 saturated carbocycles. The Bertz CT molecular complexity index is 558. The van der Waals surface area contributed by atoms with Crippen molar-refractivity contribution >= 4 is 0 Å². The number of rotatable bonds is 1. The molecule has 3 nitrogen and oxygen atoms in total. The van der Waals surface area contributed by atoms with Gasteiger partial charge in [-0.25, -0.2) is 0 Å². The highest BCUT2D eigenvalue weighted by atomic mass is 16.5. The van der Waals surface area contributed by atoms with E-state index >= 15 is 0 Å². The zero-order chi connectivity index (χ0) is 14.6. The van der Waals surface area contributed by atoms with Gasteiger partial charge in [-0.1, -0.05) is 12.1 Å². The molecule has 0 radical (unpaired) electrons. The van der Waals surface area contributed by atoms with Crippen LogP contribution in [0.5, 0.6) is 5.75 Å². The highest BCUT2D eigenvalue weighted by molar-refractivity contribution is 5.49. The Kier molecular flexibility index (Phi) is 3.05. The van der Waals surface area contributed by atoms with Crippen molar-refractivity contribution in [1.29, 1.82) is 0 Å². The van der Waals surface area contributed by atoms with Crippen molar-refractivity contribution < 1.29 is 9.84 Å². The summed E-state index contributed by atoms with van der Waals surface area (Å²) in [5, 5.41) is 10.3. The molecule has 0 spiro atoms. The van der Waals surface area contributed by atoms with Gasteiger partial charge in [-0.15, -0.1) is 0 Å². The second-order valence-corrected chi connectivity index (χ2v) is 7.19. The van der Waals surface area contributed by atoms with Crippen LogP contribution in [0.25, 0.3) is 0 Å². The minimum absolute atomic E-state index is 0.137. The summed E-state index contributed by atoms with van der Waals surface area (Å²) in [6.07, 6.45) is 5.19. The van der Waals surface area contributed by atoms with Crippen molar-refractivity contribution in [3.05, 3.63) is 29.3 Å². The summed E-state index contributed by atoms with van der Waals surface area (Å²) in [5.74, 6) is 1.73. The monoisotopic (exact) mass is 287 g/mol. The van der Waals surface area contributed by atoms with Crippen LogP contribution in [-0.4, -0.2) is 42.9 Å². The Morgan fingerprint density at radius 2 is 2.19 bits per heavy atom. The third-order valence-electron chi connectivity index (χ3n) is 6.36. The van der Waals surface area contributed by atoms with Crippen molar-refractivity contribution in [3.8, 4) is 5.75 Å². The standard InChI is InChI=1S/C18H25NO2/c1-19-9-8-18-11-12(20)6-7-15(18)16(19)10-13-14(18)4-3-5-17(13)21-2/h3-5,12,15-16,20H,6-11H2,1-2H3/t12-,15+,16-,18-/m1/s1. The second kappa shape index (κ2) is 4.72. The first-order valence-corrected chi connectivity index (χ1v) is 8.20. The van der Waals surface area contributed by atoms with Crippen molar-refractivity contribution in [2.24, 2.45) is 5.92 Å². The average molecular weight is 287 g/mol. The van der Waals surface area contributed by atoms with Gasteiger partial charge < -0.3 is 14.7 Å². The minimum Gasteiger partial charge on any atom is -0.496 e. The lowest BCUT2D eigenvalue weighted by molar-refractivity contribution is -0.0396. The number of hydrogen-bond donors (Lipinski definition) is 1. The summed E-state index contributed by atoms with van der Waals surface area (Å²) in [4.78, 5) is 2.54. The van der Waals surface area contributed by atoms with Gasteiger partial charge >= 0.3 is 0 Å². The fourth-order valence-corrected chi connectivity index (χ4v) is 5.40. The molecule has 2 fully saturated rings. The van der Waals surface area contributed by atoms with Crippen LogP contribution in [0, 0.1) is 5.92 Å². The molecule has 2 aliphatic carbocycles. The predicted octanol–water partition coefficient (Wildman–Crippen LogP) is 2.35. The first-order valence-electron chi connectivity index (χ1n) is 8.20. The highest BCUT2D eigenvalue weighted by Gasteiger charge is 2.55. The summed E-state index contributed by atoms with van der Waals surface area (Å²) < 4.78 is 5.64. The lowest BCUT2D eigenvalue weighted by atomic mass is 9.52. The molecule has 1 aliphatic heterocycles. The van der Waals surface area contributed by atoms with Crippen LogP contribution in [0.15, 0.2) is 18.2 Å². The van der Waals surface area contributed by atoms with Gasteiger partial charge in [-0.3, -0.25) is 0 Å². The minimum atomic E-state index is -0.137. The Labute approximate surface area is 126 Å². The van der Waals surface area contributed by atoms with Crippen molar-refractivity contribution in [2.45, 2.75) is 49.7 Å². The summed E-state index contributed by atoms with van der Waals surface area (Å²) in [6.45, 7) is 1.14. The molecule has 114 valence electrons. The first-order chi connectivity index (χ1) is 10.2. The predicted molar refractivity (Wildman–Crippen MR) is 82.8 cm³/mol. The number of methoxy groups -OCH3 is 1. The third kappa shape index (κ3) is 1.80. The van der Waals surface area contributed by atoms with Crippen molar-refractivity contribution in [1.82, 2.24) is 4.90 Å². The molecule has 3 heteroatoms. The smallest absolute Gasteiger partial charge is 0.122 e. The third-order valence-corrected chi connectivity index (χ3v) is 6.36. The molecular formula is C18H25NO2. The summed E-state index contributed by atoms with van der Waals surface area (Å²) in [7, 11) is 4.04. The molecule has 0 unspecified atom stereocenters. The van der Waals surface area contributed by atoms with Crippen LogP contribution in [-0.2, 0) is 11.8 Å². The number of likely N-dealkylation sites (N-methyl/N-ethyl adjacent to an activating group) is 1. The maximum atomic E-state index is 10.3. The SMILES string of the molecule is COc1cccc2c1C[C@@H]1[C@@H]3CC[C@@H](O)C[C@]23CCN1C. The lowest BCUT2D eigenvalue weighted by Gasteiger charge is -2.59. The maximum Gasteiger partial charge on any atom is 0.122 e. The average Bonchev–Trinajstić information content (AvgIpc) is 2.50. The number of fused-ring (bicyclic) bond motifs is 1. The van der Waals surface area contributed by atoms with Gasteiger partial charge in [0.15, 0.2) is 0 Å². The highest BCUT2D eigenvalue weighted by Crippen LogP contribution is 2.56. The van der Waals surface area contributed by atoms with Crippen molar-refractivity contribution in [2.75, 3.05) is 20.7 Å². The summed E-state index contributed by atoms with van der Waals surface area (Å²) in [6, 6.07) is 7.12. The Hall–Kier alpha value is -1.06. The molecule has 1 aromatic carbocycles. The van der Waals surface area contributed by atoms with E-state index in [2.05, 4.69) is 30.1 Å². The zero-order valence-corrected chi connectivity index (χ0v) is 13.0. The molecule has 0 amide bonds. The molecule has 4 atom stereocenters. The van der Waals surface area contributed by atoms with Gasteiger partial charge in [0, 0.05) is 11.5 Å². The fraction of sp³-hybridized carbons (Fsp3) is 0.667. The maximum absolute atomic E-state index is 10.3. The Balaban J connectivity index is 1.90. The Morgan fingerprint density at radius 3 is 3.00 bits per heavy atom. The van der Waals surface area contributed by atoms with E-state index in [1.165, 1.54) is 17.5 Å². The van der Waals surface area contributed by atoms with Gasteiger partial charge in [-0.05, 0) is 68.8 Å². The van der Waals surface area contributed by atoms with Crippen LogP contribution in [0.2, 0.25) is 0 Å².